The Morgan fingerprint density at radius 2 is 1.93 bits per heavy atom. The lowest BCUT2D eigenvalue weighted by molar-refractivity contribution is -0.215. The monoisotopic (exact) mass is 238 g/mol. The van der Waals surface area contributed by atoms with Crippen LogP contribution >= 0.6 is 0 Å². The van der Waals surface area contributed by atoms with Crippen molar-refractivity contribution in [3.63, 3.8) is 0 Å². The van der Waals surface area contributed by atoms with Crippen molar-refractivity contribution in [1.29, 1.82) is 0 Å². The van der Waals surface area contributed by atoms with Crippen molar-refractivity contribution in [2.75, 3.05) is 12.3 Å². The van der Waals surface area contributed by atoms with Crippen LogP contribution in [0, 0.1) is 0 Å². The molecule has 0 aromatic rings. The Labute approximate surface area is 90.4 Å². The minimum atomic E-state index is -3.47. The number of hydroxylamine groups is 2. The van der Waals surface area contributed by atoms with Gasteiger partial charge in [0.1, 0.15) is 0 Å². The van der Waals surface area contributed by atoms with Gasteiger partial charge in [-0.2, -0.15) is 0 Å². The summed E-state index contributed by atoms with van der Waals surface area (Å²) in [4.78, 5) is 15.8. The molecule has 0 atom stereocenters. The first-order chi connectivity index (χ1) is 6.64. The number of primary sulfonamides is 1. The van der Waals surface area contributed by atoms with Gasteiger partial charge in [-0.15, -0.1) is 0 Å². The lowest BCUT2D eigenvalue weighted by Gasteiger charge is -2.26. The third kappa shape index (κ3) is 9.64. The Bertz CT molecular complexity index is 294. The zero-order valence-electron chi connectivity index (χ0n) is 9.26. The highest BCUT2D eigenvalue weighted by atomic mass is 32.2. The smallest absolute Gasteiger partial charge is 0.233 e. The normalized spacial score (nSPS) is 12.5. The van der Waals surface area contributed by atoms with E-state index >= 15 is 0 Å². The number of hydrogen-bond donors (Lipinski definition) is 1. The molecule has 1 amide bonds. The summed E-state index contributed by atoms with van der Waals surface area (Å²) in [5.74, 6) is -0.162. The van der Waals surface area contributed by atoms with Crippen molar-refractivity contribution in [3.8, 4) is 0 Å². The van der Waals surface area contributed by atoms with E-state index in [1.807, 2.05) is 0 Å². The molecule has 90 valence electrons. The molecular formula is C8H18N2O4S. The van der Waals surface area contributed by atoms with Crippen molar-refractivity contribution < 1.29 is 18.0 Å². The summed E-state index contributed by atoms with van der Waals surface area (Å²) < 4.78 is 21.2. The fourth-order valence-corrected chi connectivity index (χ4v) is 1.42. The molecule has 15 heavy (non-hydrogen) atoms. The summed E-state index contributed by atoms with van der Waals surface area (Å²) in [6, 6.07) is 0. The van der Waals surface area contributed by atoms with Gasteiger partial charge in [0.2, 0.25) is 16.4 Å². The van der Waals surface area contributed by atoms with Crippen LogP contribution in [-0.2, 0) is 19.7 Å². The number of carbonyl (C=O) groups excluding carboxylic acids is 1. The Kier molecular flexibility index (Phi) is 5.19. The van der Waals surface area contributed by atoms with Gasteiger partial charge >= 0.3 is 0 Å². The van der Waals surface area contributed by atoms with Crippen LogP contribution in [0.4, 0.5) is 0 Å². The molecular weight excluding hydrogens is 220 g/mol. The first-order valence-corrected chi connectivity index (χ1v) is 6.27. The molecule has 0 aliphatic heterocycles. The zero-order valence-corrected chi connectivity index (χ0v) is 10.1. The third-order valence-corrected chi connectivity index (χ3v) is 2.17. The molecule has 6 nitrogen and oxygen atoms in total. The molecule has 0 spiro atoms. The topological polar surface area (TPSA) is 89.7 Å². The van der Waals surface area contributed by atoms with Crippen molar-refractivity contribution in [2.24, 2.45) is 5.14 Å². The number of rotatable bonds is 6. The van der Waals surface area contributed by atoms with E-state index < -0.39 is 15.6 Å². The molecule has 0 unspecified atom stereocenters. The standard InChI is InChI=1S/C8H18N2O4S/c1-8(2,3)14-10(7-11)5-4-6-15(9,12)13/h7H,4-6H2,1-3H3,(H2,9,12,13). The van der Waals surface area contributed by atoms with Gasteiger partial charge in [0.05, 0.1) is 11.4 Å². The minimum absolute atomic E-state index is 0.162. The number of nitrogens with two attached hydrogens (primary N) is 1. The van der Waals surface area contributed by atoms with Gasteiger partial charge in [0.15, 0.2) is 0 Å². The summed E-state index contributed by atoms with van der Waals surface area (Å²) in [7, 11) is -3.47. The van der Waals surface area contributed by atoms with Gasteiger partial charge in [0, 0.05) is 6.54 Å². The fourth-order valence-electron chi connectivity index (χ4n) is 0.893. The number of sulfonamides is 1. The number of hydrogen-bond acceptors (Lipinski definition) is 4. The summed E-state index contributed by atoms with van der Waals surface area (Å²) in [6.07, 6.45) is 0.780. The van der Waals surface area contributed by atoms with Gasteiger partial charge in [-0.3, -0.25) is 9.63 Å². The van der Waals surface area contributed by atoms with E-state index in [4.69, 9.17) is 9.98 Å². The molecule has 0 bridgehead atoms. The van der Waals surface area contributed by atoms with Crippen LogP contribution in [0.1, 0.15) is 27.2 Å². The van der Waals surface area contributed by atoms with Gasteiger partial charge in [-0.05, 0) is 27.2 Å². The largest absolute Gasteiger partial charge is 0.276 e. The molecule has 2 N–H and O–H groups in total. The molecule has 0 rings (SSSR count). The first kappa shape index (κ1) is 14.3. The second kappa shape index (κ2) is 5.43. The van der Waals surface area contributed by atoms with E-state index in [0.29, 0.717) is 6.41 Å². The SMILES string of the molecule is CC(C)(C)ON(C=O)CCCS(N)(=O)=O. The molecule has 0 aromatic heterocycles. The van der Waals surface area contributed by atoms with Crippen LogP contribution in [0.15, 0.2) is 0 Å². The van der Waals surface area contributed by atoms with Crippen LogP contribution in [-0.4, -0.2) is 37.8 Å². The quantitative estimate of drug-likeness (QED) is 0.515. The van der Waals surface area contributed by atoms with E-state index in [1.165, 1.54) is 0 Å². The van der Waals surface area contributed by atoms with Gasteiger partial charge in [-0.1, -0.05) is 0 Å². The fraction of sp³-hybridized carbons (Fsp3) is 0.875. The highest BCUT2D eigenvalue weighted by molar-refractivity contribution is 7.89. The number of carbonyl (C=O) groups is 1. The average molecular weight is 238 g/mol. The Morgan fingerprint density at radius 3 is 2.27 bits per heavy atom. The maximum atomic E-state index is 10.6. The molecule has 0 heterocycles. The third-order valence-electron chi connectivity index (χ3n) is 1.32. The summed E-state index contributed by atoms with van der Waals surface area (Å²) in [6.45, 7) is 5.59. The van der Waals surface area contributed by atoms with E-state index in [-0.39, 0.29) is 18.7 Å². The van der Waals surface area contributed by atoms with E-state index in [1.54, 1.807) is 20.8 Å². The second-order valence-corrected chi connectivity index (χ2v) is 5.90. The summed E-state index contributed by atoms with van der Waals surface area (Å²) in [5, 5.41) is 5.89. The zero-order chi connectivity index (χ0) is 12.1. The molecule has 0 aromatic carbocycles. The second-order valence-electron chi connectivity index (χ2n) is 4.17. The van der Waals surface area contributed by atoms with E-state index in [9.17, 15) is 13.2 Å². The van der Waals surface area contributed by atoms with Gasteiger partial charge < -0.3 is 0 Å². The predicted molar refractivity (Wildman–Crippen MR) is 56.2 cm³/mol. The van der Waals surface area contributed by atoms with E-state index in [0.717, 1.165) is 5.06 Å². The molecule has 0 fully saturated rings. The summed E-state index contributed by atoms with van der Waals surface area (Å²) in [5.41, 5.74) is -0.484. The van der Waals surface area contributed by atoms with Crippen molar-refractivity contribution >= 4 is 16.4 Å². The maximum absolute atomic E-state index is 10.6. The van der Waals surface area contributed by atoms with Gasteiger partial charge in [-0.25, -0.2) is 18.6 Å². The first-order valence-electron chi connectivity index (χ1n) is 4.55. The van der Waals surface area contributed by atoms with Crippen LogP contribution in [0.25, 0.3) is 0 Å². The minimum Gasteiger partial charge on any atom is -0.276 e. The number of nitrogens with zero attached hydrogens (tertiary/aromatic N) is 1. The van der Waals surface area contributed by atoms with Crippen LogP contribution in [0.3, 0.4) is 0 Å². The van der Waals surface area contributed by atoms with Gasteiger partial charge in [0.25, 0.3) is 0 Å². The van der Waals surface area contributed by atoms with Crippen LogP contribution < -0.4 is 5.14 Å². The molecule has 0 saturated heterocycles. The van der Waals surface area contributed by atoms with Crippen LogP contribution in [0.2, 0.25) is 0 Å². The van der Waals surface area contributed by atoms with Crippen molar-refractivity contribution in [1.82, 2.24) is 5.06 Å². The van der Waals surface area contributed by atoms with Crippen molar-refractivity contribution in [3.05, 3.63) is 0 Å². The van der Waals surface area contributed by atoms with E-state index in [2.05, 4.69) is 0 Å². The Morgan fingerprint density at radius 1 is 1.40 bits per heavy atom. The van der Waals surface area contributed by atoms with Crippen LogP contribution in [0.5, 0.6) is 0 Å². The lowest BCUT2D eigenvalue weighted by atomic mass is 10.2. The molecule has 0 aliphatic carbocycles. The molecule has 7 heteroatoms. The predicted octanol–water partition coefficient (Wildman–Crippen LogP) is -0.146. The highest BCUT2D eigenvalue weighted by Gasteiger charge is 2.16. The number of amides is 1. The maximum Gasteiger partial charge on any atom is 0.233 e. The average Bonchev–Trinajstić information content (AvgIpc) is 1.97. The lowest BCUT2D eigenvalue weighted by Crippen LogP contribution is -2.34. The van der Waals surface area contributed by atoms with Crippen molar-refractivity contribution in [2.45, 2.75) is 32.8 Å². The summed E-state index contributed by atoms with van der Waals surface area (Å²) >= 11 is 0. The Balaban J connectivity index is 3.97. The molecule has 0 aliphatic rings. The molecule has 0 saturated carbocycles. The molecule has 0 radical (unpaired) electrons. The highest BCUT2D eigenvalue weighted by Crippen LogP contribution is 2.09. The Hall–Kier alpha value is -0.660.